The Hall–Kier alpha value is -2.14. The molecule has 0 bridgehead atoms. The third kappa shape index (κ3) is 4.68. The van der Waals surface area contributed by atoms with Crippen LogP contribution in [0.3, 0.4) is 0 Å². The number of halogens is 1. The first-order valence-corrected chi connectivity index (χ1v) is 8.63. The van der Waals surface area contributed by atoms with E-state index in [4.69, 9.17) is 0 Å². The van der Waals surface area contributed by atoms with Crippen LogP contribution in [0.2, 0.25) is 0 Å². The van der Waals surface area contributed by atoms with Crippen LogP contribution in [0.15, 0.2) is 46.9 Å². The molecule has 0 aliphatic carbocycles. The topological polar surface area (TPSA) is 49.4 Å². The monoisotopic (exact) mass is 388 g/mol. The number of rotatable bonds is 5. The molecule has 2 amide bonds. The van der Waals surface area contributed by atoms with Crippen LogP contribution in [-0.2, 0) is 16.0 Å². The molecule has 0 unspecified atom stereocenters. The minimum atomic E-state index is -0.230. The van der Waals surface area contributed by atoms with Gasteiger partial charge in [-0.25, -0.2) is 0 Å². The number of carbonyl (C=O) groups excluding carboxylic acids is 2. The van der Waals surface area contributed by atoms with Gasteiger partial charge in [0.1, 0.15) is 6.54 Å². The Morgan fingerprint density at radius 1 is 1.12 bits per heavy atom. The van der Waals surface area contributed by atoms with E-state index in [-0.39, 0.29) is 18.4 Å². The number of anilines is 2. The maximum Gasteiger partial charge on any atom is 0.244 e. The molecular formula is C19H21BrN2O2. The number of nitrogens with one attached hydrogen (secondary N) is 1. The number of amides is 2. The van der Waals surface area contributed by atoms with E-state index in [0.29, 0.717) is 5.69 Å². The molecule has 126 valence electrons. The van der Waals surface area contributed by atoms with E-state index >= 15 is 0 Å². The summed E-state index contributed by atoms with van der Waals surface area (Å²) >= 11 is 3.43. The summed E-state index contributed by atoms with van der Waals surface area (Å²) in [6.45, 7) is 5.48. The lowest BCUT2D eigenvalue weighted by Crippen LogP contribution is -2.36. The van der Waals surface area contributed by atoms with Crippen LogP contribution in [0.1, 0.15) is 25.0 Å². The molecule has 0 saturated heterocycles. The fourth-order valence-electron chi connectivity index (χ4n) is 2.36. The van der Waals surface area contributed by atoms with Gasteiger partial charge in [-0.05, 0) is 54.8 Å². The van der Waals surface area contributed by atoms with Crippen molar-refractivity contribution >= 4 is 39.1 Å². The molecule has 2 aromatic carbocycles. The molecule has 5 heteroatoms. The quantitative estimate of drug-likeness (QED) is 0.829. The van der Waals surface area contributed by atoms with Gasteiger partial charge in [-0.15, -0.1) is 0 Å². The van der Waals surface area contributed by atoms with Crippen molar-refractivity contribution in [2.45, 2.75) is 27.2 Å². The van der Waals surface area contributed by atoms with Gasteiger partial charge in [0.25, 0.3) is 0 Å². The highest BCUT2D eigenvalue weighted by atomic mass is 79.9. The minimum absolute atomic E-state index is 0.0179. The molecule has 2 aromatic rings. The molecule has 1 N–H and O–H groups in total. The third-order valence-electron chi connectivity index (χ3n) is 3.78. The minimum Gasteiger partial charge on any atom is -0.325 e. The van der Waals surface area contributed by atoms with Crippen molar-refractivity contribution in [3.05, 3.63) is 58.1 Å². The second-order valence-electron chi connectivity index (χ2n) is 5.64. The van der Waals surface area contributed by atoms with Crippen molar-refractivity contribution in [1.29, 1.82) is 0 Å². The number of nitrogens with zero attached hydrogens (tertiary/aromatic N) is 1. The van der Waals surface area contributed by atoms with E-state index in [1.165, 1.54) is 17.4 Å². The molecule has 2 rings (SSSR count). The fourth-order valence-corrected chi connectivity index (χ4v) is 2.61. The number of hydrogen-bond donors (Lipinski definition) is 1. The normalized spacial score (nSPS) is 10.3. The molecule has 0 heterocycles. The van der Waals surface area contributed by atoms with Crippen LogP contribution in [0.5, 0.6) is 0 Å². The Morgan fingerprint density at radius 3 is 2.33 bits per heavy atom. The molecule has 0 spiro atoms. The number of aryl methyl sites for hydroxylation is 2. The molecule has 4 nitrogen and oxygen atoms in total. The van der Waals surface area contributed by atoms with Crippen LogP contribution in [0.4, 0.5) is 11.4 Å². The van der Waals surface area contributed by atoms with Crippen LogP contribution >= 0.6 is 15.9 Å². The Labute approximate surface area is 151 Å². The first kappa shape index (κ1) is 18.2. The summed E-state index contributed by atoms with van der Waals surface area (Å²) in [5.41, 5.74) is 3.66. The summed E-state index contributed by atoms with van der Waals surface area (Å²) in [7, 11) is 0. The highest BCUT2D eigenvalue weighted by Crippen LogP contribution is 2.20. The summed E-state index contributed by atoms with van der Waals surface area (Å²) in [4.78, 5) is 25.7. The van der Waals surface area contributed by atoms with Gasteiger partial charge in [0.05, 0.1) is 0 Å². The van der Waals surface area contributed by atoms with Gasteiger partial charge in [0.15, 0.2) is 0 Å². The first-order valence-electron chi connectivity index (χ1n) is 7.83. The van der Waals surface area contributed by atoms with Gasteiger partial charge >= 0.3 is 0 Å². The Kier molecular flexibility index (Phi) is 6.15. The van der Waals surface area contributed by atoms with E-state index in [1.54, 1.807) is 0 Å². The van der Waals surface area contributed by atoms with Gasteiger partial charge in [0.2, 0.25) is 11.8 Å². The molecule has 0 fully saturated rings. The summed E-state index contributed by atoms with van der Waals surface area (Å²) < 4.78 is 0.988. The predicted octanol–water partition coefficient (Wildman–Crippen LogP) is 4.31. The second kappa shape index (κ2) is 8.11. The zero-order valence-electron chi connectivity index (χ0n) is 14.1. The average molecular weight is 389 g/mol. The average Bonchev–Trinajstić information content (AvgIpc) is 2.56. The number of hydrogen-bond acceptors (Lipinski definition) is 2. The third-order valence-corrected chi connectivity index (χ3v) is 4.67. The smallest absolute Gasteiger partial charge is 0.244 e. The van der Waals surface area contributed by atoms with Crippen molar-refractivity contribution in [1.82, 2.24) is 0 Å². The van der Waals surface area contributed by atoms with Crippen molar-refractivity contribution in [3.8, 4) is 0 Å². The maximum atomic E-state index is 12.3. The van der Waals surface area contributed by atoms with Gasteiger partial charge in [-0.1, -0.05) is 35.0 Å². The second-order valence-corrected chi connectivity index (χ2v) is 6.49. The lowest BCUT2D eigenvalue weighted by atomic mass is 10.1. The van der Waals surface area contributed by atoms with Gasteiger partial charge in [-0.3, -0.25) is 9.59 Å². The Morgan fingerprint density at radius 2 is 1.79 bits per heavy atom. The van der Waals surface area contributed by atoms with Crippen molar-refractivity contribution in [3.63, 3.8) is 0 Å². The van der Waals surface area contributed by atoms with Crippen molar-refractivity contribution in [2.24, 2.45) is 0 Å². The van der Waals surface area contributed by atoms with E-state index in [1.807, 2.05) is 49.4 Å². The van der Waals surface area contributed by atoms with Gasteiger partial charge in [0, 0.05) is 22.8 Å². The molecule has 24 heavy (non-hydrogen) atoms. The van der Waals surface area contributed by atoms with E-state index in [0.717, 1.165) is 22.1 Å². The zero-order valence-corrected chi connectivity index (χ0v) is 15.7. The number of benzene rings is 2. The van der Waals surface area contributed by atoms with E-state index < -0.39 is 0 Å². The summed E-state index contributed by atoms with van der Waals surface area (Å²) in [5, 5.41) is 2.83. The molecule has 0 aliphatic heterocycles. The highest BCUT2D eigenvalue weighted by molar-refractivity contribution is 9.10. The van der Waals surface area contributed by atoms with Crippen molar-refractivity contribution in [2.75, 3.05) is 16.8 Å². The summed E-state index contributed by atoms with van der Waals surface area (Å²) in [5.74, 6) is -0.395. The zero-order chi connectivity index (χ0) is 17.7. The number of carbonyl (C=O) groups is 2. The standard InChI is InChI=1S/C19H21BrN2O2/c1-4-15-5-8-17(9-6-15)22(14(3)23)12-19(24)21-16-7-10-18(20)13(2)11-16/h5-11H,4,12H2,1-3H3,(H,21,24). The van der Waals surface area contributed by atoms with Crippen molar-refractivity contribution < 1.29 is 9.59 Å². The first-order chi connectivity index (χ1) is 11.4. The van der Waals surface area contributed by atoms with E-state index in [9.17, 15) is 9.59 Å². The largest absolute Gasteiger partial charge is 0.325 e. The van der Waals surface area contributed by atoms with E-state index in [2.05, 4.69) is 28.2 Å². The SMILES string of the molecule is CCc1ccc(N(CC(=O)Nc2ccc(Br)c(C)c2)C(C)=O)cc1. The molecule has 0 aliphatic rings. The lowest BCUT2D eigenvalue weighted by Gasteiger charge is -2.21. The molecule has 0 atom stereocenters. The highest BCUT2D eigenvalue weighted by Gasteiger charge is 2.16. The van der Waals surface area contributed by atoms with Gasteiger partial charge < -0.3 is 10.2 Å². The maximum absolute atomic E-state index is 12.3. The molecule has 0 saturated carbocycles. The predicted molar refractivity (Wildman–Crippen MR) is 101 cm³/mol. The Balaban J connectivity index is 2.10. The van der Waals surface area contributed by atoms with Gasteiger partial charge in [-0.2, -0.15) is 0 Å². The molecule has 0 aromatic heterocycles. The molecule has 0 radical (unpaired) electrons. The summed E-state index contributed by atoms with van der Waals surface area (Å²) in [6, 6.07) is 13.3. The fraction of sp³-hybridized carbons (Fsp3) is 0.263. The Bertz CT molecular complexity index is 742. The van der Waals surface area contributed by atoms with Crippen LogP contribution in [0, 0.1) is 6.92 Å². The molecular weight excluding hydrogens is 368 g/mol. The lowest BCUT2D eigenvalue weighted by molar-refractivity contribution is -0.120. The van der Waals surface area contributed by atoms with Crippen LogP contribution < -0.4 is 10.2 Å². The van der Waals surface area contributed by atoms with Crippen LogP contribution in [0.25, 0.3) is 0 Å². The van der Waals surface area contributed by atoms with Crippen LogP contribution in [-0.4, -0.2) is 18.4 Å². The summed E-state index contributed by atoms with van der Waals surface area (Å²) in [6.07, 6.45) is 0.934.